The summed E-state index contributed by atoms with van der Waals surface area (Å²) in [7, 11) is -0.227. The summed E-state index contributed by atoms with van der Waals surface area (Å²) in [6.45, 7) is 5.86. The zero-order chi connectivity index (χ0) is 9.61. The zero-order valence-electron chi connectivity index (χ0n) is 7.57. The van der Waals surface area contributed by atoms with Crippen molar-refractivity contribution in [2.75, 3.05) is 13.3 Å². The first kappa shape index (κ1) is 12.9. The molecule has 0 bridgehead atoms. The predicted molar refractivity (Wildman–Crippen MR) is 55.6 cm³/mol. The molecule has 72 valence electrons. The van der Waals surface area contributed by atoms with Crippen molar-refractivity contribution >= 4 is 23.9 Å². The Labute approximate surface area is 77.9 Å². The molecule has 1 N–H and O–H groups in total. The Balaban J connectivity index is 3.72. The van der Waals surface area contributed by atoms with E-state index in [9.17, 15) is 9.67 Å². The van der Waals surface area contributed by atoms with Crippen LogP contribution in [0.1, 0.15) is 20.3 Å². The summed E-state index contributed by atoms with van der Waals surface area (Å²) in [6, 6.07) is 0. The lowest BCUT2D eigenvalue weighted by atomic mass is 10.1. The third-order valence-electron chi connectivity index (χ3n) is 1.52. The van der Waals surface area contributed by atoms with Gasteiger partial charge in [0.2, 0.25) is 8.15 Å². The van der Waals surface area contributed by atoms with E-state index in [4.69, 9.17) is 4.52 Å². The Morgan fingerprint density at radius 2 is 2.33 bits per heavy atom. The first-order valence-electron chi connectivity index (χ1n) is 3.72. The lowest BCUT2D eigenvalue weighted by Crippen LogP contribution is -2.28. The molecular formula is C6H15O3P3. The second-order valence-electron chi connectivity index (χ2n) is 2.70. The maximum atomic E-state index is 10.5. The first-order chi connectivity index (χ1) is 5.55. The molecule has 0 spiro atoms. The van der Waals surface area contributed by atoms with Gasteiger partial charge in [0.15, 0.2) is 0 Å². The number of rotatable bonds is 6. The topological polar surface area (TPSA) is 46.5 Å². The fourth-order valence-corrected chi connectivity index (χ4v) is 2.96. The fourth-order valence-electron chi connectivity index (χ4n) is 0.431. The normalized spacial score (nSPS) is 20.0. The van der Waals surface area contributed by atoms with E-state index in [1.54, 1.807) is 6.92 Å². The maximum absolute atomic E-state index is 10.5. The Kier molecular flexibility index (Phi) is 6.82. The molecule has 0 aromatic heterocycles. The second-order valence-corrected chi connectivity index (χ2v) is 9.39. The van der Waals surface area contributed by atoms with Crippen LogP contribution in [-0.4, -0.2) is 24.0 Å². The summed E-state index contributed by atoms with van der Waals surface area (Å²) in [5.74, 6) is 0. The lowest BCUT2D eigenvalue weighted by Gasteiger charge is -2.21. The van der Waals surface area contributed by atoms with E-state index in [0.717, 1.165) is 0 Å². The summed E-state index contributed by atoms with van der Waals surface area (Å²) in [5, 5.41) is 9.55. The molecule has 0 radical (unpaired) electrons. The molecule has 0 amide bonds. The van der Waals surface area contributed by atoms with Crippen LogP contribution in [0.25, 0.3) is 0 Å². The van der Waals surface area contributed by atoms with Crippen LogP contribution in [0, 0.1) is 0 Å². The Hall–Kier alpha value is 0.880. The van der Waals surface area contributed by atoms with Crippen molar-refractivity contribution in [2.24, 2.45) is 0 Å². The molecule has 3 atom stereocenters. The minimum Gasteiger partial charge on any atom is -0.388 e. The quantitative estimate of drug-likeness (QED) is 0.711. The van der Waals surface area contributed by atoms with E-state index < -0.39 is 13.1 Å². The molecular weight excluding hydrogens is 213 g/mol. The van der Waals surface area contributed by atoms with Gasteiger partial charge >= 0.3 is 0 Å². The van der Waals surface area contributed by atoms with Crippen LogP contribution < -0.4 is 0 Å². The van der Waals surface area contributed by atoms with Crippen LogP contribution in [0.4, 0.5) is 0 Å². The highest BCUT2D eigenvalue weighted by Gasteiger charge is 2.20. The van der Waals surface area contributed by atoms with Crippen molar-refractivity contribution in [1.82, 2.24) is 0 Å². The molecule has 0 heterocycles. The van der Waals surface area contributed by atoms with Crippen molar-refractivity contribution in [3.05, 3.63) is 0 Å². The summed E-state index contributed by atoms with van der Waals surface area (Å²) < 4.78 is 15.8. The van der Waals surface area contributed by atoms with E-state index >= 15 is 0 Å². The summed E-state index contributed by atoms with van der Waals surface area (Å²) in [6.07, 6.45) is 0.652. The predicted octanol–water partition coefficient (Wildman–Crippen LogP) is 2.99. The molecule has 0 rings (SSSR count). The van der Waals surface area contributed by atoms with Gasteiger partial charge < -0.3 is 9.63 Å². The van der Waals surface area contributed by atoms with Crippen molar-refractivity contribution in [2.45, 2.75) is 25.9 Å². The van der Waals surface area contributed by atoms with Crippen molar-refractivity contribution < 1.29 is 14.2 Å². The van der Waals surface area contributed by atoms with Crippen LogP contribution in [0.2, 0.25) is 0 Å². The highest BCUT2D eigenvalue weighted by Crippen LogP contribution is 2.64. The lowest BCUT2D eigenvalue weighted by molar-refractivity contribution is 0.0138. The van der Waals surface area contributed by atoms with Gasteiger partial charge in [0.25, 0.3) is 0 Å². The first-order valence-corrected chi connectivity index (χ1v) is 8.83. The van der Waals surface area contributed by atoms with Gasteiger partial charge in [0.05, 0.1) is 12.2 Å². The van der Waals surface area contributed by atoms with Crippen LogP contribution in [0.15, 0.2) is 0 Å². The highest BCUT2D eigenvalue weighted by atomic mass is 32.4. The molecule has 0 aromatic rings. The van der Waals surface area contributed by atoms with E-state index in [-0.39, 0.29) is 14.8 Å². The van der Waals surface area contributed by atoms with Gasteiger partial charge in [0, 0.05) is 0 Å². The molecule has 0 fully saturated rings. The van der Waals surface area contributed by atoms with Gasteiger partial charge in [-0.2, -0.15) is 0 Å². The summed E-state index contributed by atoms with van der Waals surface area (Å²) in [5.41, 5.74) is -0.773. The second kappa shape index (κ2) is 6.35. The van der Waals surface area contributed by atoms with Gasteiger partial charge in [-0.1, -0.05) is 15.2 Å². The molecule has 0 aliphatic rings. The van der Waals surface area contributed by atoms with Crippen molar-refractivity contribution in [3.8, 4) is 0 Å². The van der Waals surface area contributed by atoms with E-state index in [0.29, 0.717) is 14.7 Å². The Morgan fingerprint density at radius 3 is 2.67 bits per heavy atom. The van der Waals surface area contributed by atoms with Gasteiger partial charge in [-0.25, -0.2) is 0 Å². The molecule has 3 unspecified atom stereocenters. The third-order valence-corrected chi connectivity index (χ3v) is 7.29. The van der Waals surface area contributed by atoms with Gasteiger partial charge in [-0.3, -0.25) is 4.57 Å². The molecule has 0 saturated heterocycles. The minimum absolute atomic E-state index is 0.0725. The van der Waals surface area contributed by atoms with Crippen LogP contribution in [0.3, 0.4) is 0 Å². The molecule has 0 aromatic carbocycles. The summed E-state index contributed by atoms with van der Waals surface area (Å²) in [4.78, 5) is 0. The van der Waals surface area contributed by atoms with Crippen molar-refractivity contribution in [3.63, 3.8) is 0 Å². The zero-order valence-corrected chi connectivity index (χ0v) is 10.4. The Bertz CT molecular complexity index is 140. The largest absolute Gasteiger partial charge is 0.388 e. The number of hydrogen-bond donors (Lipinski definition) is 1. The monoisotopic (exact) mass is 228 g/mol. The fraction of sp³-hybridized carbons (Fsp3) is 1.00. The Morgan fingerprint density at radius 1 is 1.75 bits per heavy atom. The molecule has 3 nitrogen and oxygen atoms in total. The van der Waals surface area contributed by atoms with Gasteiger partial charge in [0.1, 0.15) is 7.53 Å². The molecule has 0 saturated carbocycles. The van der Waals surface area contributed by atoms with E-state index in [1.165, 1.54) is 0 Å². The average Bonchev–Trinajstić information content (AvgIpc) is 2.06. The van der Waals surface area contributed by atoms with Crippen molar-refractivity contribution in [1.29, 1.82) is 0 Å². The van der Waals surface area contributed by atoms with Crippen LogP contribution >= 0.6 is 23.9 Å². The maximum Gasteiger partial charge on any atom is 0.216 e. The minimum atomic E-state index is -0.842. The molecule has 0 aliphatic heterocycles. The highest BCUT2D eigenvalue weighted by molar-refractivity contribution is 8.47. The van der Waals surface area contributed by atoms with Gasteiger partial charge in [-0.05, 0) is 20.0 Å². The molecule has 12 heavy (non-hydrogen) atoms. The third kappa shape index (κ3) is 5.51. The van der Waals surface area contributed by atoms with Crippen LogP contribution in [0.5, 0.6) is 0 Å². The average molecular weight is 228 g/mol. The smallest absolute Gasteiger partial charge is 0.216 e. The van der Waals surface area contributed by atoms with Gasteiger partial charge in [-0.15, -0.1) is 0 Å². The number of aliphatic hydroxyl groups is 1. The standard InChI is InChI=1S/C6H15O3P3/c1-4-6(2,7)5-9-12(10-3)11-8/h7,10H,4-5H2,1-3H3. The SMILES string of the molecule is CCC(C)(O)COP(P=O)PC. The van der Waals surface area contributed by atoms with E-state index in [1.807, 2.05) is 13.6 Å². The van der Waals surface area contributed by atoms with Crippen LogP contribution in [-0.2, 0) is 9.09 Å². The molecule has 0 aliphatic carbocycles. The molecule has 6 heteroatoms. The number of hydrogen-bond acceptors (Lipinski definition) is 3. The van der Waals surface area contributed by atoms with E-state index in [2.05, 4.69) is 0 Å². The summed E-state index contributed by atoms with van der Waals surface area (Å²) >= 11 is 0.